The van der Waals surface area contributed by atoms with E-state index in [9.17, 15) is 4.79 Å². The molecule has 0 amide bonds. The van der Waals surface area contributed by atoms with Crippen LogP contribution in [0.3, 0.4) is 0 Å². The molecule has 0 atom stereocenters. The Morgan fingerprint density at radius 1 is 1.25 bits per heavy atom. The van der Waals surface area contributed by atoms with Crippen LogP contribution in [0.5, 0.6) is 5.75 Å². The van der Waals surface area contributed by atoms with Crippen molar-refractivity contribution >= 4 is 16.9 Å². The summed E-state index contributed by atoms with van der Waals surface area (Å²) < 4.78 is 12.7. The molecule has 0 radical (unpaired) electrons. The summed E-state index contributed by atoms with van der Waals surface area (Å²) in [6.07, 6.45) is 3.83. The van der Waals surface area contributed by atoms with Gasteiger partial charge in [0.25, 0.3) is 0 Å². The lowest BCUT2D eigenvalue weighted by Crippen LogP contribution is -2.13. The molecule has 108 valence electrons. The Morgan fingerprint density at radius 3 is 2.85 bits per heavy atom. The van der Waals surface area contributed by atoms with Gasteiger partial charge in [0.1, 0.15) is 12.3 Å². The molecule has 0 spiro atoms. The fourth-order valence-electron chi connectivity index (χ4n) is 2.13. The van der Waals surface area contributed by atoms with Crippen molar-refractivity contribution in [2.24, 2.45) is 0 Å². The summed E-state index contributed by atoms with van der Waals surface area (Å²) in [6.45, 7) is 5.40. The molecule has 2 aromatic rings. The Kier molecular flexibility index (Phi) is 5.04. The van der Waals surface area contributed by atoms with Gasteiger partial charge in [0.2, 0.25) is 0 Å². The van der Waals surface area contributed by atoms with Crippen LogP contribution in [0.25, 0.3) is 10.9 Å². The second-order valence-electron chi connectivity index (χ2n) is 4.64. The molecule has 2 rings (SSSR count). The van der Waals surface area contributed by atoms with E-state index in [1.807, 2.05) is 42.0 Å². The number of hydrogen-bond acceptors (Lipinski definition) is 3. The summed E-state index contributed by atoms with van der Waals surface area (Å²) in [4.78, 5) is 11.8. The number of nitrogens with zero attached hydrogens (tertiary/aromatic N) is 1. The van der Waals surface area contributed by atoms with Crippen LogP contribution in [-0.2, 0) is 16.1 Å². The number of esters is 1. The van der Waals surface area contributed by atoms with Gasteiger partial charge in [-0.25, -0.2) is 0 Å². The summed E-state index contributed by atoms with van der Waals surface area (Å²) in [7, 11) is 0. The summed E-state index contributed by atoms with van der Waals surface area (Å²) in [5.41, 5.74) is 0.989. The molecule has 1 aromatic heterocycles. The zero-order chi connectivity index (χ0) is 14.4. The van der Waals surface area contributed by atoms with E-state index in [0.717, 1.165) is 29.5 Å². The molecule has 0 unspecified atom stereocenters. The number of rotatable bonds is 7. The fourth-order valence-corrected chi connectivity index (χ4v) is 2.13. The largest absolute Gasteiger partial charge is 0.493 e. The molecule has 1 heterocycles. The first-order chi connectivity index (χ1) is 9.76. The van der Waals surface area contributed by atoms with Gasteiger partial charge in [0, 0.05) is 11.6 Å². The maximum absolute atomic E-state index is 11.8. The van der Waals surface area contributed by atoms with Crippen molar-refractivity contribution in [3.63, 3.8) is 0 Å². The Balaban J connectivity index is 2.11. The smallest absolute Gasteiger partial charge is 0.325 e. The molecule has 4 heteroatoms. The molecule has 0 aliphatic carbocycles. The quantitative estimate of drug-likeness (QED) is 0.574. The molecule has 0 saturated heterocycles. The van der Waals surface area contributed by atoms with Crippen LogP contribution in [0, 0.1) is 0 Å². The highest BCUT2D eigenvalue weighted by molar-refractivity contribution is 5.87. The molecule has 0 aliphatic heterocycles. The molecule has 0 bridgehead atoms. The SMILES string of the molecule is CCCCOC(=O)Cn1ccc2c(OCC)cccc21. The standard InChI is InChI=1S/C16H21NO3/c1-3-5-11-20-16(18)12-17-10-9-13-14(17)7-6-8-15(13)19-4-2/h6-10H,3-5,11-12H2,1-2H3. The molecule has 4 nitrogen and oxygen atoms in total. The third kappa shape index (κ3) is 3.32. The van der Waals surface area contributed by atoms with Gasteiger partial charge < -0.3 is 14.0 Å². The van der Waals surface area contributed by atoms with Crippen LogP contribution in [0.15, 0.2) is 30.5 Å². The van der Waals surface area contributed by atoms with Gasteiger partial charge in [0.15, 0.2) is 0 Å². The zero-order valence-corrected chi connectivity index (χ0v) is 12.1. The van der Waals surface area contributed by atoms with Crippen molar-refractivity contribution in [1.29, 1.82) is 0 Å². The van der Waals surface area contributed by atoms with E-state index in [1.165, 1.54) is 0 Å². The van der Waals surface area contributed by atoms with Gasteiger partial charge in [-0.1, -0.05) is 19.4 Å². The fraction of sp³-hybridized carbons (Fsp3) is 0.438. The number of unbranched alkanes of at least 4 members (excludes halogenated alkanes) is 1. The Morgan fingerprint density at radius 2 is 2.10 bits per heavy atom. The zero-order valence-electron chi connectivity index (χ0n) is 12.1. The van der Waals surface area contributed by atoms with Crippen molar-refractivity contribution in [2.75, 3.05) is 13.2 Å². The van der Waals surface area contributed by atoms with Crippen LogP contribution in [0.1, 0.15) is 26.7 Å². The lowest BCUT2D eigenvalue weighted by atomic mass is 10.2. The summed E-state index contributed by atoms with van der Waals surface area (Å²) >= 11 is 0. The molecule has 0 saturated carbocycles. The maximum atomic E-state index is 11.8. The van der Waals surface area contributed by atoms with Gasteiger partial charge in [-0.15, -0.1) is 0 Å². The highest BCUT2D eigenvalue weighted by Gasteiger charge is 2.09. The van der Waals surface area contributed by atoms with Crippen LogP contribution >= 0.6 is 0 Å². The molecule has 0 aliphatic rings. The number of carbonyl (C=O) groups excluding carboxylic acids is 1. The van der Waals surface area contributed by atoms with Crippen molar-refractivity contribution in [1.82, 2.24) is 4.57 Å². The molecule has 20 heavy (non-hydrogen) atoms. The van der Waals surface area contributed by atoms with Crippen LogP contribution in [0.2, 0.25) is 0 Å². The molecular weight excluding hydrogens is 254 g/mol. The van der Waals surface area contributed by atoms with E-state index in [2.05, 4.69) is 6.92 Å². The molecule has 0 fully saturated rings. The van der Waals surface area contributed by atoms with E-state index in [1.54, 1.807) is 0 Å². The average molecular weight is 275 g/mol. The first-order valence-corrected chi connectivity index (χ1v) is 7.12. The van der Waals surface area contributed by atoms with E-state index < -0.39 is 0 Å². The van der Waals surface area contributed by atoms with Gasteiger partial charge in [-0.2, -0.15) is 0 Å². The Labute approximate surface area is 119 Å². The van der Waals surface area contributed by atoms with Gasteiger partial charge in [-0.05, 0) is 31.5 Å². The first-order valence-electron chi connectivity index (χ1n) is 7.12. The summed E-state index contributed by atoms with van der Waals surface area (Å²) in [5.74, 6) is 0.654. The second kappa shape index (κ2) is 6.98. The van der Waals surface area contributed by atoms with Crippen LogP contribution < -0.4 is 4.74 Å². The molecule has 1 aromatic carbocycles. The van der Waals surface area contributed by atoms with Crippen molar-refractivity contribution in [3.05, 3.63) is 30.5 Å². The predicted octanol–water partition coefficient (Wildman–Crippen LogP) is 3.38. The minimum Gasteiger partial charge on any atom is -0.493 e. The van der Waals surface area contributed by atoms with E-state index >= 15 is 0 Å². The Bertz CT molecular complexity index is 574. The number of hydrogen-bond donors (Lipinski definition) is 0. The van der Waals surface area contributed by atoms with E-state index in [0.29, 0.717) is 13.2 Å². The third-order valence-electron chi connectivity index (χ3n) is 3.13. The first kappa shape index (κ1) is 14.4. The average Bonchev–Trinajstić information content (AvgIpc) is 2.84. The number of aromatic nitrogens is 1. The minimum absolute atomic E-state index is 0.197. The number of benzene rings is 1. The third-order valence-corrected chi connectivity index (χ3v) is 3.13. The van der Waals surface area contributed by atoms with E-state index in [4.69, 9.17) is 9.47 Å². The number of ether oxygens (including phenoxy) is 2. The van der Waals surface area contributed by atoms with Crippen molar-refractivity contribution < 1.29 is 14.3 Å². The predicted molar refractivity (Wildman–Crippen MR) is 79.0 cm³/mol. The van der Waals surface area contributed by atoms with Gasteiger partial charge in [0.05, 0.1) is 18.7 Å². The molecule has 0 N–H and O–H groups in total. The molecular formula is C16H21NO3. The minimum atomic E-state index is -0.197. The van der Waals surface area contributed by atoms with Crippen molar-refractivity contribution in [2.45, 2.75) is 33.2 Å². The lowest BCUT2D eigenvalue weighted by Gasteiger charge is -2.08. The summed E-state index contributed by atoms with van der Waals surface area (Å²) in [5, 5.41) is 1.02. The normalized spacial score (nSPS) is 10.7. The van der Waals surface area contributed by atoms with E-state index in [-0.39, 0.29) is 12.5 Å². The van der Waals surface area contributed by atoms with Crippen LogP contribution in [-0.4, -0.2) is 23.8 Å². The number of carbonyl (C=O) groups is 1. The highest BCUT2D eigenvalue weighted by atomic mass is 16.5. The highest BCUT2D eigenvalue weighted by Crippen LogP contribution is 2.26. The van der Waals surface area contributed by atoms with Gasteiger partial charge in [-0.3, -0.25) is 4.79 Å². The maximum Gasteiger partial charge on any atom is 0.325 e. The van der Waals surface area contributed by atoms with Crippen LogP contribution in [0.4, 0.5) is 0 Å². The second-order valence-corrected chi connectivity index (χ2v) is 4.64. The Hall–Kier alpha value is -1.97. The monoisotopic (exact) mass is 275 g/mol. The van der Waals surface area contributed by atoms with Crippen molar-refractivity contribution in [3.8, 4) is 5.75 Å². The summed E-state index contributed by atoms with van der Waals surface area (Å²) in [6, 6.07) is 7.83. The van der Waals surface area contributed by atoms with Gasteiger partial charge >= 0.3 is 5.97 Å². The lowest BCUT2D eigenvalue weighted by molar-refractivity contribution is -0.144. The number of fused-ring (bicyclic) bond motifs is 1. The topological polar surface area (TPSA) is 40.5 Å².